The van der Waals surface area contributed by atoms with Crippen LogP contribution in [0.3, 0.4) is 0 Å². The molecule has 9 heteroatoms. The van der Waals surface area contributed by atoms with Gasteiger partial charge >= 0.3 is 0 Å². The second-order valence-electron chi connectivity index (χ2n) is 7.62. The Balaban J connectivity index is 1.71. The number of hydrogen-bond acceptors (Lipinski definition) is 6. The third-order valence-corrected chi connectivity index (χ3v) is 6.70. The molecule has 0 saturated heterocycles. The minimum Gasteiger partial charge on any atom is -0.351 e. The summed E-state index contributed by atoms with van der Waals surface area (Å²) in [6.07, 6.45) is 7.12. The van der Waals surface area contributed by atoms with Gasteiger partial charge in [0, 0.05) is 17.6 Å². The number of carbonyl (C=O) groups excluding carboxylic acids is 1. The zero-order valence-corrected chi connectivity index (χ0v) is 18.7. The third kappa shape index (κ3) is 5.77. The molecule has 1 heterocycles. The number of carbonyl (C=O) groups is 1. The van der Waals surface area contributed by atoms with Crippen LogP contribution in [0.1, 0.15) is 19.3 Å². The second kappa shape index (κ2) is 9.54. The number of aromatic nitrogens is 2. The summed E-state index contributed by atoms with van der Waals surface area (Å²) in [5.41, 5.74) is 0.710. The van der Waals surface area contributed by atoms with Gasteiger partial charge in [0.15, 0.2) is 5.82 Å². The summed E-state index contributed by atoms with van der Waals surface area (Å²) in [5.74, 6) is 0.807. The van der Waals surface area contributed by atoms with E-state index in [0.717, 1.165) is 24.6 Å². The Morgan fingerprint density at radius 3 is 2.83 bits per heavy atom. The van der Waals surface area contributed by atoms with Crippen molar-refractivity contribution in [2.75, 3.05) is 24.0 Å². The Labute approximate surface area is 181 Å². The Morgan fingerprint density at radius 1 is 1.33 bits per heavy atom. The molecule has 1 aliphatic carbocycles. The van der Waals surface area contributed by atoms with Crippen LogP contribution >= 0.6 is 18.7 Å². The maximum absolute atomic E-state index is 12.6. The van der Waals surface area contributed by atoms with Crippen LogP contribution in [0.4, 0.5) is 17.5 Å². The highest BCUT2D eigenvalue weighted by atomic mass is 35.5. The SMILES string of the molecule is C=CC(=O)N=CC1CCC(Nc2ncc(Cl)c(Nc3ccccc3P(C)(C)=O)n2)C1. The molecule has 1 aromatic heterocycles. The largest absolute Gasteiger partial charge is 0.351 e. The first-order chi connectivity index (χ1) is 14.3. The number of aliphatic imine (C=N–C) groups is 1. The maximum Gasteiger partial charge on any atom is 0.268 e. The number of para-hydroxylation sites is 1. The quantitative estimate of drug-likeness (QED) is 0.370. The molecule has 1 fully saturated rings. The summed E-state index contributed by atoms with van der Waals surface area (Å²) in [4.78, 5) is 23.9. The van der Waals surface area contributed by atoms with Gasteiger partial charge in [0.25, 0.3) is 5.91 Å². The first-order valence-electron chi connectivity index (χ1n) is 9.67. The number of rotatable bonds is 7. The molecule has 0 spiro atoms. The molecule has 0 aliphatic heterocycles. The highest BCUT2D eigenvalue weighted by Gasteiger charge is 2.24. The summed E-state index contributed by atoms with van der Waals surface area (Å²) in [5, 5.41) is 7.63. The molecular weight excluding hydrogens is 421 g/mol. The Bertz CT molecular complexity index is 1020. The fourth-order valence-electron chi connectivity index (χ4n) is 3.40. The van der Waals surface area contributed by atoms with Crippen LogP contribution in [0, 0.1) is 5.92 Å². The predicted octanol–water partition coefficient (Wildman–Crippen LogP) is 4.49. The van der Waals surface area contributed by atoms with Gasteiger partial charge in [-0.2, -0.15) is 4.98 Å². The van der Waals surface area contributed by atoms with Crippen LogP contribution in [0.2, 0.25) is 5.02 Å². The monoisotopic (exact) mass is 445 g/mol. The van der Waals surface area contributed by atoms with Gasteiger partial charge in [0.2, 0.25) is 5.95 Å². The molecule has 0 bridgehead atoms. The van der Waals surface area contributed by atoms with E-state index in [1.807, 2.05) is 24.3 Å². The van der Waals surface area contributed by atoms with E-state index in [1.54, 1.807) is 19.5 Å². The fraction of sp³-hybridized carbons (Fsp3) is 0.333. The van der Waals surface area contributed by atoms with Gasteiger partial charge < -0.3 is 15.2 Å². The van der Waals surface area contributed by atoms with Gasteiger partial charge in [-0.05, 0) is 56.7 Å². The van der Waals surface area contributed by atoms with E-state index < -0.39 is 7.14 Å². The molecule has 0 radical (unpaired) electrons. The molecule has 2 unspecified atom stereocenters. The van der Waals surface area contributed by atoms with Crippen molar-refractivity contribution in [3.63, 3.8) is 0 Å². The van der Waals surface area contributed by atoms with Crippen molar-refractivity contribution in [1.29, 1.82) is 0 Å². The first kappa shape index (κ1) is 22.2. The molecule has 1 saturated carbocycles. The number of amides is 1. The van der Waals surface area contributed by atoms with Crippen molar-refractivity contribution in [3.8, 4) is 0 Å². The lowest BCUT2D eigenvalue weighted by Crippen LogP contribution is -2.18. The zero-order valence-electron chi connectivity index (χ0n) is 17.0. The van der Waals surface area contributed by atoms with Crippen LogP contribution in [0.5, 0.6) is 0 Å². The standard InChI is InChI=1S/C21H25ClN5O2P/c1-4-19(28)23-12-14-9-10-15(11-14)25-21-24-13-16(22)20(27-21)26-17-7-5-6-8-18(17)30(2,3)29/h4-8,12-15H,1,9-11H2,2-3H3,(H2,24,25,26,27). The zero-order chi connectivity index (χ0) is 21.7. The minimum absolute atomic E-state index is 0.174. The number of benzene rings is 1. The molecule has 2 atom stereocenters. The van der Waals surface area contributed by atoms with E-state index in [9.17, 15) is 9.36 Å². The van der Waals surface area contributed by atoms with Crippen molar-refractivity contribution >= 4 is 53.6 Å². The minimum atomic E-state index is -2.47. The summed E-state index contributed by atoms with van der Waals surface area (Å²) in [7, 11) is -2.47. The predicted molar refractivity (Wildman–Crippen MR) is 124 cm³/mol. The van der Waals surface area contributed by atoms with E-state index >= 15 is 0 Å². The topological polar surface area (TPSA) is 96.3 Å². The van der Waals surface area contributed by atoms with Crippen LogP contribution in [-0.2, 0) is 9.36 Å². The van der Waals surface area contributed by atoms with Gasteiger partial charge in [-0.1, -0.05) is 30.3 Å². The van der Waals surface area contributed by atoms with Crippen LogP contribution in [0.25, 0.3) is 0 Å². The molecule has 30 heavy (non-hydrogen) atoms. The van der Waals surface area contributed by atoms with Crippen molar-refractivity contribution < 1.29 is 9.36 Å². The molecule has 2 N–H and O–H groups in total. The average Bonchev–Trinajstić information content (AvgIpc) is 3.15. The van der Waals surface area contributed by atoms with Gasteiger partial charge in [-0.25, -0.2) is 9.98 Å². The lowest BCUT2D eigenvalue weighted by molar-refractivity contribution is -0.113. The summed E-state index contributed by atoms with van der Waals surface area (Å²) < 4.78 is 12.6. The van der Waals surface area contributed by atoms with Gasteiger partial charge in [0.1, 0.15) is 12.2 Å². The highest BCUT2D eigenvalue weighted by Crippen LogP contribution is 2.38. The van der Waals surface area contributed by atoms with Crippen molar-refractivity contribution in [3.05, 3.63) is 48.1 Å². The average molecular weight is 446 g/mol. The normalized spacial score (nSPS) is 19.0. The Kier molecular flexibility index (Phi) is 7.06. The highest BCUT2D eigenvalue weighted by molar-refractivity contribution is 7.70. The Morgan fingerprint density at radius 2 is 2.10 bits per heavy atom. The number of anilines is 3. The molecule has 3 rings (SSSR count). The fourth-order valence-corrected chi connectivity index (χ4v) is 4.69. The third-order valence-electron chi connectivity index (χ3n) is 4.88. The van der Waals surface area contributed by atoms with Gasteiger partial charge in [-0.3, -0.25) is 4.79 Å². The Hall–Kier alpha value is -2.50. The first-order valence-corrected chi connectivity index (χ1v) is 12.7. The second-order valence-corrected chi connectivity index (χ2v) is 11.2. The van der Waals surface area contributed by atoms with Gasteiger partial charge in [-0.15, -0.1) is 0 Å². The molecule has 2 aromatic rings. The maximum atomic E-state index is 12.6. The van der Waals surface area contributed by atoms with E-state index in [2.05, 4.69) is 32.2 Å². The van der Waals surface area contributed by atoms with Crippen LogP contribution < -0.4 is 15.9 Å². The van der Waals surface area contributed by atoms with E-state index in [4.69, 9.17) is 11.6 Å². The lowest BCUT2D eigenvalue weighted by Gasteiger charge is -2.17. The van der Waals surface area contributed by atoms with Gasteiger partial charge in [0.05, 0.1) is 11.9 Å². The molecular formula is C21H25ClN5O2P. The van der Waals surface area contributed by atoms with E-state index in [0.29, 0.717) is 22.5 Å². The van der Waals surface area contributed by atoms with Crippen molar-refractivity contribution in [2.45, 2.75) is 25.3 Å². The molecule has 7 nitrogen and oxygen atoms in total. The summed E-state index contributed by atoms with van der Waals surface area (Å²) in [6.45, 7) is 6.87. The van der Waals surface area contributed by atoms with E-state index in [-0.39, 0.29) is 17.9 Å². The molecule has 1 aliphatic rings. The van der Waals surface area contributed by atoms with Crippen molar-refractivity contribution in [1.82, 2.24) is 9.97 Å². The number of halogens is 1. The molecule has 158 valence electrons. The van der Waals surface area contributed by atoms with Crippen LogP contribution in [-0.4, -0.2) is 41.5 Å². The van der Waals surface area contributed by atoms with Crippen molar-refractivity contribution in [2.24, 2.45) is 10.9 Å². The smallest absolute Gasteiger partial charge is 0.268 e. The molecule has 1 aromatic carbocycles. The number of nitrogens with zero attached hydrogens (tertiary/aromatic N) is 3. The number of nitrogens with one attached hydrogen (secondary N) is 2. The lowest BCUT2D eigenvalue weighted by atomic mass is 10.1. The number of hydrogen-bond donors (Lipinski definition) is 2. The van der Waals surface area contributed by atoms with Crippen LogP contribution in [0.15, 0.2) is 48.1 Å². The molecule has 1 amide bonds. The summed E-state index contributed by atoms with van der Waals surface area (Å²) in [6, 6.07) is 7.60. The summed E-state index contributed by atoms with van der Waals surface area (Å²) >= 11 is 6.30. The van der Waals surface area contributed by atoms with E-state index in [1.165, 1.54) is 12.3 Å².